The minimum atomic E-state index is -0.186. The number of benzene rings is 1. The van der Waals surface area contributed by atoms with Gasteiger partial charge in [-0.2, -0.15) is 0 Å². The first-order valence-electron chi connectivity index (χ1n) is 3.99. The number of hydrogen-bond donors (Lipinski definition) is 1. The van der Waals surface area contributed by atoms with Gasteiger partial charge in [0, 0.05) is 12.0 Å². The smallest absolute Gasteiger partial charge is 0.165 e. The molecule has 2 heteroatoms. The fraction of sp³-hybridized carbons (Fsp3) is 0.400. The van der Waals surface area contributed by atoms with Gasteiger partial charge in [0.25, 0.3) is 0 Å². The summed E-state index contributed by atoms with van der Waals surface area (Å²) in [5.41, 5.74) is 0.856. The van der Waals surface area contributed by atoms with Crippen LogP contribution < -0.4 is 4.74 Å². The zero-order valence-electron chi connectivity index (χ0n) is 7.22. The van der Waals surface area contributed by atoms with Crippen molar-refractivity contribution >= 4 is 0 Å². The molecular formula is C10H11O2. The van der Waals surface area contributed by atoms with Crippen molar-refractivity contribution in [2.24, 2.45) is 0 Å². The summed E-state index contributed by atoms with van der Waals surface area (Å²) in [6.45, 7) is 4.01. The maximum absolute atomic E-state index is 9.41. The Morgan fingerprint density at radius 2 is 2.25 bits per heavy atom. The fourth-order valence-corrected chi connectivity index (χ4v) is 1.54. The minimum Gasteiger partial charge on any atom is -0.504 e. The molecule has 1 N–H and O–H groups in total. The lowest BCUT2D eigenvalue weighted by atomic mass is 10.0. The number of aromatic hydroxyl groups is 1. The predicted octanol–water partition coefficient (Wildman–Crippen LogP) is 1.91. The highest BCUT2D eigenvalue weighted by Crippen LogP contribution is 2.40. The summed E-state index contributed by atoms with van der Waals surface area (Å²) in [5, 5.41) is 9.41. The molecule has 0 aromatic heterocycles. The van der Waals surface area contributed by atoms with E-state index < -0.39 is 0 Å². The summed E-state index contributed by atoms with van der Waals surface area (Å²) >= 11 is 0. The van der Waals surface area contributed by atoms with E-state index in [1.54, 1.807) is 0 Å². The van der Waals surface area contributed by atoms with Crippen molar-refractivity contribution in [1.29, 1.82) is 0 Å². The molecule has 0 saturated carbocycles. The van der Waals surface area contributed by atoms with Crippen molar-refractivity contribution in [2.75, 3.05) is 0 Å². The maximum atomic E-state index is 9.41. The summed E-state index contributed by atoms with van der Waals surface area (Å²) in [5.74, 6) is 0.817. The normalized spacial score (nSPS) is 18.5. The standard InChI is InChI=1S/C10H11O2/c1-10(2)6-7-4-3-5-8(11)9(7)12-10/h4-5,11H,6H2,1-2H3. The lowest BCUT2D eigenvalue weighted by Gasteiger charge is -2.16. The Morgan fingerprint density at radius 3 is 2.92 bits per heavy atom. The molecule has 2 rings (SSSR count). The Bertz CT molecular complexity index is 316. The van der Waals surface area contributed by atoms with Crippen LogP contribution in [0, 0.1) is 6.07 Å². The molecular weight excluding hydrogens is 152 g/mol. The zero-order chi connectivity index (χ0) is 8.77. The SMILES string of the molecule is CC1(C)Cc2c[c]cc(O)c2O1. The van der Waals surface area contributed by atoms with Gasteiger partial charge in [-0.05, 0) is 32.0 Å². The number of ether oxygens (including phenoxy) is 1. The van der Waals surface area contributed by atoms with Gasteiger partial charge in [0.05, 0.1) is 0 Å². The van der Waals surface area contributed by atoms with Crippen LogP contribution in [-0.4, -0.2) is 10.7 Å². The van der Waals surface area contributed by atoms with E-state index in [1.807, 2.05) is 19.9 Å². The van der Waals surface area contributed by atoms with Crippen molar-refractivity contribution in [3.05, 3.63) is 23.8 Å². The van der Waals surface area contributed by atoms with E-state index in [0.29, 0.717) is 5.75 Å². The van der Waals surface area contributed by atoms with Crippen LogP contribution in [0.2, 0.25) is 0 Å². The van der Waals surface area contributed by atoms with Gasteiger partial charge in [0.2, 0.25) is 0 Å². The van der Waals surface area contributed by atoms with Crippen molar-refractivity contribution in [3.63, 3.8) is 0 Å². The molecule has 12 heavy (non-hydrogen) atoms. The molecule has 1 aromatic carbocycles. The number of phenols is 1. The van der Waals surface area contributed by atoms with Crippen LogP contribution in [0.4, 0.5) is 0 Å². The fourth-order valence-electron chi connectivity index (χ4n) is 1.54. The molecule has 0 unspecified atom stereocenters. The van der Waals surface area contributed by atoms with Gasteiger partial charge in [0.15, 0.2) is 11.5 Å². The quantitative estimate of drug-likeness (QED) is 0.633. The van der Waals surface area contributed by atoms with Gasteiger partial charge >= 0.3 is 0 Å². The largest absolute Gasteiger partial charge is 0.504 e. The van der Waals surface area contributed by atoms with Crippen LogP contribution in [0.1, 0.15) is 19.4 Å². The van der Waals surface area contributed by atoms with E-state index in [2.05, 4.69) is 6.07 Å². The summed E-state index contributed by atoms with van der Waals surface area (Å²) in [4.78, 5) is 0. The Morgan fingerprint density at radius 1 is 1.50 bits per heavy atom. The Labute approximate surface area is 71.8 Å². The third-order valence-corrected chi connectivity index (χ3v) is 2.00. The number of phenolic OH excluding ortho intramolecular Hbond substituents is 1. The molecule has 63 valence electrons. The maximum Gasteiger partial charge on any atom is 0.165 e. The van der Waals surface area contributed by atoms with Gasteiger partial charge in [-0.3, -0.25) is 0 Å². The number of hydrogen-bond acceptors (Lipinski definition) is 2. The molecule has 0 atom stereocenters. The van der Waals surface area contributed by atoms with Gasteiger partial charge < -0.3 is 9.84 Å². The van der Waals surface area contributed by atoms with Gasteiger partial charge in [-0.25, -0.2) is 0 Å². The molecule has 0 spiro atoms. The average Bonchev–Trinajstić information content (AvgIpc) is 2.25. The molecule has 1 aliphatic rings. The summed E-state index contributed by atoms with van der Waals surface area (Å²) in [6.07, 6.45) is 0.841. The lowest BCUT2D eigenvalue weighted by Crippen LogP contribution is -2.24. The highest BCUT2D eigenvalue weighted by molar-refractivity contribution is 5.48. The van der Waals surface area contributed by atoms with Crippen molar-refractivity contribution < 1.29 is 9.84 Å². The number of fused-ring (bicyclic) bond motifs is 1. The average molecular weight is 163 g/mol. The Kier molecular flexibility index (Phi) is 1.34. The van der Waals surface area contributed by atoms with E-state index in [1.165, 1.54) is 6.07 Å². The molecule has 1 heterocycles. The zero-order valence-corrected chi connectivity index (χ0v) is 7.22. The summed E-state index contributed by atoms with van der Waals surface area (Å²) in [6, 6.07) is 6.26. The first-order valence-corrected chi connectivity index (χ1v) is 3.99. The molecule has 0 aliphatic carbocycles. The van der Waals surface area contributed by atoms with Crippen LogP contribution in [-0.2, 0) is 6.42 Å². The van der Waals surface area contributed by atoms with Crippen LogP contribution in [0.15, 0.2) is 12.1 Å². The first-order chi connectivity index (χ1) is 5.58. The van der Waals surface area contributed by atoms with E-state index in [0.717, 1.165) is 12.0 Å². The predicted molar refractivity (Wildman–Crippen MR) is 45.4 cm³/mol. The highest BCUT2D eigenvalue weighted by atomic mass is 16.5. The third kappa shape index (κ3) is 1.04. The van der Waals surface area contributed by atoms with Crippen LogP contribution in [0.5, 0.6) is 11.5 Å². The Hall–Kier alpha value is -1.18. The van der Waals surface area contributed by atoms with Crippen LogP contribution in [0.3, 0.4) is 0 Å². The van der Waals surface area contributed by atoms with E-state index >= 15 is 0 Å². The molecule has 2 nitrogen and oxygen atoms in total. The number of rotatable bonds is 0. The van der Waals surface area contributed by atoms with E-state index in [4.69, 9.17) is 4.74 Å². The van der Waals surface area contributed by atoms with Crippen LogP contribution >= 0.6 is 0 Å². The van der Waals surface area contributed by atoms with Crippen molar-refractivity contribution in [1.82, 2.24) is 0 Å². The molecule has 0 saturated heterocycles. The molecule has 1 aromatic rings. The van der Waals surface area contributed by atoms with E-state index in [9.17, 15) is 5.11 Å². The third-order valence-electron chi connectivity index (χ3n) is 2.00. The van der Waals surface area contributed by atoms with Gasteiger partial charge in [-0.15, -0.1) is 0 Å². The topological polar surface area (TPSA) is 29.5 Å². The second kappa shape index (κ2) is 2.16. The van der Waals surface area contributed by atoms with Crippen molar-refractivity contribution in [3.8, 4) is 11.5 Å². The molecule has 0 bridgehead atoms. The molecule has 1 radical (unpaired) electrons. The minimum absolute atomic E-state index is 0.186. The second-order valence-electron chi connectivity index (χ2n) is 3.73. The molecule has 0 fully saturated rings. The molecule has 0 amide bonds. The van der Waals surface area contributed by atoms with Crippen LogP contribution in [0.25, 0.3) is 0 Å². The van der Waals surface area contributed by atoms with Gasteiger partial charge in [-0.1, -0.05) is 0 Å². The first kappa shape index (κ1) is 7.47. The molecule has 1 aliphatic heterocycles. The van der Waals surface area contributed by atoms with Crippen molar-refractivity contribution in [2.45, 2.75) is 25.9 Å². The monoisotopic (exact) mass is 163 g/mol. The summed E-state index contributed by atoms with van der Waals surface area (Å²) in [7, 11) is 0. The summed E-state index contributed by atoms with van der Waals surface area (Å²) < 4.78 is 5.56. The highest BCUT2D eigenvalue weighted by Gasteiger charge is 2.31. The van der Waals surface area contributed by atoms with Gasteiger partial charge in [0.1, 0.15) is 5.60 Å². The Balaban J connectivity index is 2.48. The second-order valence-corrected chi connectivity index (χ2v) is 3.73. The van der Waals surface area contributed by atoms with E-state index in [-0.39, 0.29) is 11.4 Å². The lowest BCUT2D eigenvalue weighted by molar-refractivity contribution is 0.134.